The molecule has 0 aromatic carbocycles. The highest BCUT2D eigenvalue weighted by molar-refractivity contribution is 5.72. The zero-order chi connectivity index (χ0) is 12.8. The molecule has 0 aliphatic heterocycles. The molecule has 16 heavy (non-hydrogen) atoms. The lowest BCUT2D eigenvalue weighted by molar-refractivity contribution is -0.151. The van der Waals surface area contributed by atoms with E-state index >= 15 is 0 Å². The lowest BCUT2D eigenvalue weighted by Crippen LogP contribution is -2.27. The van der Waals surface area contributed by atoms with Gasteiger partial charge in [0.05, 0.1) is 18.4 Å². The van der Waals surface area contributed by atoms with Gasteiger partial charge in [-0.2, -0.15) is 5.26 Å². The second kappa shape index (κ2) is 6.52. The highest BCUT2D eigenvalue weighted by atomic mass is 16.5. The fourth-order valence-corrected chi connectivity index (χ4v) is 1.56. The molecule has 0 saturated heterocycles. The molecule has 3 nitrogen and oxygen atoms in total. The normalized spacial score (nSPS) is 13.3. The van der Waals surface area contributed by atoms with Crippen LogP contribution in [0.4, 0.5) is 0 Å². The molecular formula is C13H23NO2. The van der Waals surface area contributed by atoms with E-state index in [0.717, 1.165) is 6.42 Å². The summed E-state index contributed by atoms with van der Waals surface area (Å²) in [6.45, 7) is 10.6. The smallest absolute Gasteiger partial charge is 0.309 e. The van der Waals surface area contributed by atoms with Gasteiger partial charge in [-0.05, 0) is 17.8 Å². The maximum absolute atomic E-state index is 11.8. The van der Waals surface area contributed by atoms with Crippen molar-refractivity contribution >= 4 is 5.97 Å². The average Bonchev–Trinajstić information content (AvgIpc) is 2.12. The average molecular weight is 225 g/mol. The first kappa shape index (κ1) is 15.0. The highest BCUT2D eigenvalue weighted by Gasteiger charge is 2.28. The summed E-state index contributed by atoms with van der Waals surface area (Å²) in [5.74, 6) is 0.0349. The fraction of sp³-hybridized carbons (Fsp3) is 0.846. The second-order valence-corrected chi connectivity index (χ2v) is 5.69. The van der Waals surface area contributed by atoms with Crippen molar-refractivity contribution in [1.29, 1.82) is 5.26 Å². The summed E-state index contributed by atoms with van der Waals surface area (Å²) in [4.78, 5) is 11.8. The molecule has 3 heteroatoms. The summed E-state index contributed by atoms with van der Waals surface area (Å²) in [6, 6.07) is 1.96. The van der Waals surface area contributed by atoms with E-state index in [2.05, 4.69) is 20.8 Å². The molecule has 0 aliphatic rings. The largest absolute Gasteiger partial charge is 0.464 e. The third kappa shape index (κ3) is 6.44. The Morgan fingerprint density at radius 1 is 1.38 bits per heavy atom. The van der Waals surface area contributed by atoms with Crippen LogP contribution in [0.15, 0.2) is 0 Å². The number of carbonyl (C=O) groups excluding carboxylic acids is 1. The Labute approximate surface area is 98.8 Å². The van der Waals surface area contributed by atoms with E-state index in [-0.39, 0.29) is 36.2 Å². The molecule has 1 atom stereocenters. The van der Waals surface area contributed by atoms with E-state index in [0.29, 0.717) is 0 Å². The van der Waals surface area contributed by atoms with Crippen molar-refractivity contribution in [2.75, 3.05) is 6.61 Å². The van der Waals surface area contributed by atoms with Crippen LogP contribution in [0.1, 0.15) is 47.5 Å². The van der Waals surface area contributed by atoms with Gasteiger partial charge in [0.15, 0.2) is 0 Å². The van der Waals surface area contributed by atoms with Crippen LogP contribution in [0, 0.1) is 28.6 Å². The molecule has 0 fully saturated rings. The number of hydrogen-bond acceptors (Lipinski definition) is 3. The van der Waals surface area contributed by atoms with Crippen molar-refractivity contribution in [1.82, 2.24) is 0 Å². The van der Waals surface area contributed by atoms with Crippen molar-refractivity contribution < 1.29 is 9.53 Å². The summed E-state index contributed by atoms with van der Waals surface area (Å²) >= 11 is 0. The zero-order valence-corrected chi connectivity index (χ0v) is 11.0. The molecule has 0 N–H and O–H groups in total. The molecule has 0 radical (unpaired) electrons. The summed E-state index contributed by atoms with van der Waals surface area (Å²) in [6.07, 6.45) is 1.09. The van der Waals surface area contributed by atoms with Crippen LogP contribution in [0.25, 0.3) is 0 Å². The van der Waals surface area contributed by atoms with Crippen LogP contribution < -0.4 is 0 Å². The van der Waals surface area contributed by atoms with Crippen LogP contribution in [0.2, 0.25) is 0 Å². The molecule has 0 amide bonds. The van der Waals surface area contributed by atoms with Gasteiger partial charge in [0, 0.05) is 0 Å². The van der Waals surface area contributed by atoms with Gasteiger partial charge in [-0.1, -0.05) is 34.6 Å². The van der Waals surface area contributed by atoms with Crippen molar-refractivity contribution in [2.24, 2.45) is 17.3 Å². The third-order valence-corrected chi connectivity index (χ3v) is 2.40. The molecule has 1 unspecified atom stereocenters. The zero-order valence-electron chi connectivity index (χ0n) is 11.0. The summed E-state index contributed by atoms with van der Waals surface area (Å²) in [7, 11) is 0. The Morgan fingerprint density at radius 3 is 2.31 bits per heavy atom. The molecule has 0 saturated carbocycles. The van der Waals surface area contributed by atoms with Gasteiger partial charge in [-0.3, -0.25) is 4.79 Å². The molecule has 0 aromatic heterocycles. The molecule has 0 aliphatic carbocycles. The minimum Gasteiger partial charge on any atom is -0.464 e. The van der Waals surface area contributed by atoms with Gasteiger partial charge in [0.25, 0.3) is 0 Å². The van der Waals surface area contributed by atoms with Crippen LogP contribution in [-0.2, 0) is 9.53 Å². The lowest BCUT2D eigenvalue weighted by atomic mass is 9.80. The Kier molecular flexibility index (Phi) is 6.10. The molecule has 92 valence electrons. The predicted octanol–water partition coefficient (Wildman–Crippen LogP) is 3.15. The number of nitrogens with zero attached hydrogens (tertiary/aromatic N) is 1. The van der Waals surface area contributed by atoms with Crippen LogP contribution in [0.3, 0.4) is 0 Å². The summed E-state index contributed by atoms with van der Waals surface area (Å²) in [5.41, 5.74) is 0.114. The first-order valence-corrected chi connectivity index (χ1v) is 5.81. The number of hydrogen-bond donors (Lipinski definition) is 0. The van der Waals surface area contributed by atoms with Crippen molar-refractivity contribution in [3.8, 4) is 6.07 Å². The van der Waals surface area contributed by atoms with Crippen molar-refractivity contribution in [2.45, 2.75) is 47.5 Å². The molecule has 0 rings (SSSR count). The van der Waals surface area contributed by atoms with Gasteiger partial charge in [0.2, 0.25) is 0 Å². The first-order chi connectivity index (χ1) is 7.28. The Balaban J connectivity index is 4.32. The van der Waals surface area contributed by atoms with Gasteiger partial charge in [0.1, 0.15) is 6.61 Å². The van der Waals surface area contributed by atoms with Gasteiger partial charge < -0.3 is 4.74 Å². The SMILES string of the molecule is CC(C)C(CC(C)(C)C)C(=O)OCCC#N. The van der Waals surface area contributed by atoms with Crippen molar-refractivity contribution in [3.05, 3.63) is 0 Å². The first-order valence-electron chi connectivity index (χ1n) is 5.81. The Hall–Kier alpha value is -1.04. The van der Waals surface area contributed by atoms with Gasteiger partial charge in [-0.25, -0.2) is 0 Å². The molecule has 0 heterocycles. The predicted molar refractivity (Wildman–Crippen MR) is 63.6 cm³/mol. The van der Waals surface area contributed by atoms with Crippen LogP contribution in [-0.4, -0.2) is 12.6 Å². The quantitative estimate of drug-likeness (QED) is 0.533. The Morgan fingerprint density at radius 2 is 1.94 bits per heavy atom. The summed E-state index contributed by atoms with van der Waals surface area (Å²) < 4.78 is 5.09. The van der Waals surface area contributed by atoms with Crippen LogP contribution >= 0.6 is 0 Å². The minimum absolute atomic E-state index is 0.0707. The van der Waals surface area contributed by atoms with Crippen LogP contribution in [0.5, 0.6) is 0 Å². The summed E-state index contributed by atoms with van der Waals surface area (Å²) in [5, 5.41) is 8.37. The minimum atomic E-state index is -0.167. The number of ether oxygens (including phenoxy) is 1. The van der Waals surface area contributed by atoms with E-state index in [1.165, 1.54) is 0 Å². The third-order valence-electron chi connectivity index (χ3n) is 2.40. The highest BCUT2D eigenvalue weighted by Crippen LogP contribution is 2.29. The number of rotatable bonds is 5. The molecule has 0 aromatic rings. The second-order valence-electron chi connectivity index (χ2n) is 5.69. The topological polar surface area (TPSA) is 50.1 Å². The van der Waals surface area contributed by atoms with Crippen molar-refractivity contribution in [3.63, 3.8) is 0 Å². The standard InChI is InChI=1S/C13H23NO2/c1-10(2)11(9-13(3,4)5)12(15)16-8-6-7-14/h10-11H,6,8-9H2,1-5H3. The molecule has 0 bridgehead atoms. The maximum atomic E-state index is 11.8. The van der Waals surface area contributed by atoms with Gasteiger partial charge >= 0.3 is 5.97 Å². The number of nitriles is 1. The monoisotopic (exact) mass is 225 g/mol. The molecular weight excluding hydrogens is 202 g/mol. The Bertz CT molecular complexity index is 258. The van der Waals surface area contributed by atoms with E-state index in [9.17, 15) is 4.79 Å². The van der Waals surface area contributed by atoms with E-state index in [4.69, 9.17) is 10.00 Å². The fourth-order valence-electron chi connectivity index (χ4n) is 1.56. The number of esters is 1. The maximum Gasteiger partial charge on any atom is 0.309 e. The molecule has 0 spiro atoms. The van der Waals surface area contributed by atoms with E-state index in [1.54, 1.807) is 0 Å². The van der Waals surface area contributed by atoms with E-state index in [1.807, 2.05) is 19.9 Å². The van der Waals surface area contributed by atoms with E-state index < -0.39 is 0 Å². The number of carbonyl (C=O) groups is 1. The lowest BCUT2D eigenvalue weighted by Gasteiger charge is -2.27. The van der Waals surface area contributed by atoms with Gasteiger partial charge in [-0.15, -0.1) is 0 Å².